The smallest absolute Gasteiger partial charge is 0.353 e. The zero-order valence-electron chi connectivity index (χ0n) is 15.4. The molecule has 0 bridgehead atoms. The molecule has 0 unspecified atom stereocenters. The van der Waals surface area contributed by atoms with Crippen molar-refractivity contribution < 1.29 is 14.8 Å². The van der Waals surface area contributed by atoms with Gasteiger partial charge in [0.25, 0.3) is 0 Å². The minimum Gasteiger partial charge on any atom is -0.395 e. The van der Waals surface area contributed by atoms with E-state index in [0.717, 1.165) is 45.9 Å². The first kappa shape index (κ1) is 19.7. The van der Waals surface area contributed by atoms with E-state index >= 15 is 0 Å². The van der Waals surface area contributed by atoms with Gasteiger partial charge in [0.05, 0.1) is 24.7 Å². The average molecular weight is 381 g/mol. The van der Waals surface area contributed by atoms with E-state index in [1.54, 1.807) is 0 Å². The number of ether oxygens (including phenoxy) is 1. The number of aromatic nitrogens is 2. The number of rotatable bonds is 8. The Kier molecular flexibility index (Phi) is 7.10. The molecule has 0 radical (unpaired) electrons. The number of β-amino-alcohol motifs (C(OH)–C–C–N with tert-alkyl or cyclic N) is 1. The van der Waals surface area contributed by atoms with Gasteiger partial charge in [0.1, 0.15) is 6.33 Å². The number of anilines is 2. The van der Waals surface area contributed by atoms with Gasteiger partial charge >= 0.3 is 5.69 Å². The Morgan fingerprint density at radius 1 is 1.11 bits per heavy atom. The fourth-order valence-corrected chi connectivity index (χ4v) is 3.38. The highest BCUT2D eigenvalue weighted by Crippen LogP contribution is 2.32. The van der Waals surface area contributed by atoms with Gasteiger partial charge < -0.3 is 20.1 Å². The third-order valence-electron chi connectivity index (χ3n) is 4.90. The first-order valence-electron chi connectivity index (χ1n) is 9.30. The van der Waals surface area contributed by atoms with Crippen molar-refractivity contribution in [2.75, 3.05) is 88.9 Å². The van der Waals surface area contributed by atoms with Crippen molar-refractivity contribution in [3.8, 4) is 0 Å². The molecule has 0 aromatic carbocycles. The highest BCUT2D eigenvalue weighted by atomic mass is 16.6. The van der Waals surface area contributed by atoms with Crippen LogP contribution in [0.5, 0.6) is 0 Å². The van der Waals surface area contributed by atoms with Crippen molar-refractivity contribution in [3.63, 3.8) is 0 Å². The second-order valence-electron chi connectivity index (χ2n) is 6.58. The van der Waals surface area contributed by atoms with Crippen LogP contribution in [0.3, 0.4) is 0 Å². The molecule has 0 spiro atoms. The van der Waals surface area contributed by atoms with E-state index in [9.17, 15) is 10.1 Å². The summed E-state index contributed by atoms with van der Waals surface area (Å²) in [7, 11) is 0. The maximum atomic E-state index is 11.7. The predicted molar refractivity (Wildman–Crippen MR) is 100 cm³/mol. The summed E-state index contributed by atoms with van der Waals surface area (Å²) in [5.41, 5.74) is -0.0740. The molecule has 0 saturated carbocycles. The first-order valence-corrected chi connectivity index (χ1v) is 9.30. The number of nitro groups is 1. The van der Waals surface area contributed by atoms with Crippen LogP contribution in [0.4, 0.5) is 17.3 Å². The van der Waals surface area contributed by atoms with Crippen LogP contribution in [-0.4, -0.2) is 109 Å². The number of hydrogen-bond donors (Lipinski definition) is 2. The summed E-state index contributed by atoms with van der Waals surface area (Å²) in [6.45, 7) is 8.01. The molecule has 0 aliphatic carbocycles. The summed E-state index contributed by atoms with van der Waals surface area (Å²) < 4.78 is 5.33. The van der Waals surface area contributed by atoms with Crippen LogP contribution in [0.1, 0.15) is 0 Å². The topological polar surface area (TPSA) is 120 Å². The van der Waals surface area contributed by atoms with Crippen LogP contribution in [0.25, 0.3) is 0 Å². The van der Waals surface area contributed by atoms with E-state index < -0.39 is 4.92 Å². The van der Waals surface area contributed by atoms with E-state index in [1.165, 1.54) is 6.33 Å². The molecule has 27 heavy (non-hydrogen) atoms. The number of nitrogens with one attached hydrogen (secondary N) is 1. The minimum atomic E-state index is -0.410. The van der Waals surface area contributed by atoms with Gasteiger partial charge in [0.2, 0.25) is 11.6 Å². The lowest BCUT2D eigenvalue weighted by Gasteiger charge is -2.34. The lowest BCUT2D eigenvalue weighted by molar-refractivity contribution is -0.383. The molecule has 3 rings (SSSR count). The second-order valence-corrected chi connectivity index (χ2v) is 6.58. The molecule has 150 valence electrons. The van der Waals surface area contributed by atoms with Gasteiger partial charge in [0.15, 0.2) is 0 Å². The van der Waals surface area contributed by atoms with Gasteiger partial charge in [0, 0.05) is 58.9 Å². The molecule has 2 aliphatic rings. The van der Waals surface area contributed by atoms with Crippen molar-refractivity contribution >= 4 is 17.3 Å². The molecule has 2 saturated heterocycles. The normalized spacial score (nSPS) is 19.2. The molecular weight excluding hydrogens is 354 g/mol. The van der Waals surface area contributed by atoms with Gasteiger partial charge in [-0.05, 0) is 0 Å². The minimum absolute atomic E-state index is 0.0740. The van der Waals surface area contributed by atoms with Crippen molar-refractivity contribution in [2.45, 2.75) is 0 Å². The second kappa shape index (κ2) is 9.74. The van der Waals surface area contributed by atoms with Crippen LogP contribution >= 0.6 is 0 Å². The van der Waals surface area contributed by atoms with Crippen molar-refractivity contribution in [3.05, 3.63) is 16.4 Å². The molecule has 3 heterocycles. The number of aliphatic hydroxyl groups excluding tert-OH is 1. The summed E-state index contributed by atoms with van der Waals surface area (Å²) in [6.07, 6.45) is 1.37. The largest absolute Gasteiger partial charge is 0.395 e. The zero-order valence-corrected chi connectivity index (χ0v) is 15.4. The fraction of sp³-hybridized carbons (Fsp3) is 0.750. The number of aliphatic hydroxyl groups is 1. The van der Waals surface area contributed by atoms with E-state index in [0.29, 0.717) is 32.0 Å². The lowest BCUT2D eigenvalue weighted by atomic mass is 10.3. The Bertz CT molecular complexity index is 619. The number of piperazine rings is 1. The number of nitrogens with zero attached hydrogens (tertiary/aromatic N) is 6. The van der Waals surface area contributed by atoms with Crippen LogP contribution < -0.4 is 10.2 Å². The Labute approximate surface area is 158 Å². The van der Waals surface area contributed by atoms with Crippen molar-refractivity contribution in [2.24, 2.45) is 0 Å². The predicted octanol–water partition coefficient (Wildman–Crippen LogP) is -0.757. The van der Waals surface area contributed by atoms with Crippen LogP contribution in [0.2, 0.25) is 0 Å². The van der Waals surface area contributed by atoms with E-state index in [-0.39, 0.29) is 18.1 Å². The quantitative estimate of drug-likeness (QED) is 0.439. The molecule has 11 nitrogen and oxygen atoms in total. The first-order chi connectivity index (χ1) is 13.2. The zero-order chi connectivity index (χ0) is 19.1. The molecule has 0 atom stereocenters. The van der Waals surface area contributed by atoms with Crippen molar-refractivity contribution in [1.82, 2.24) is 19.8 Å². The molecule has 0 amide bonds. The molecule has 1 aromatic rings. The Morgan fingerprint density at radius 3 is 2.48 bits per heavy atom. The average Bonchev–Trinajstić information content (AvgIpc) is 2.69. The maximum absolute atomic E-state index is 11.7. The SMILES string of the molecule is O=[N+]([O-])c1c(NCCN2CCOCC2)ncnc1N1CCN(CCO)CC1. The summed E-state index contributed by atoms with van der Waals surface area (Å²) in [4.78, 5) is 25.9. The highest BCUT2D eigenvalue weighted by Gasteiger charge is 2.29. The number of morpholine rings is 1. The maximum Gasteiger partial charge on any atom is 0.353 e. The third kappa shape index (κ3) is 5.22. The Hall–Kier alpha value is -2.08. The Morgan fingerprint density at radius 2 is 1.81 bits per heavy atom. The van der Waals surface area contributed by atoms with E-state index in [1.807, 2.05) is 4.90 Å². The van der Waals surface area contributed by atoms with Gasteiger partial charge in [-0.15, -0.1) is 0 Å². The fourth-order valence-electron chi connectivity index (χ4n) is 3.38. The van der Waals surface area contributed by atoms with Crippen molar-refractivity contribution in [1.29, 1.82) is 0 Å². The van der Waals surface area contributed by atoms with Gasteiger partial charge in [-0.2, -0.15) is 0 Å². The van der Waals surface area contributed by atoms with Crippen LogP contribution in [0.15, 0.2) is 6.33 Å². The standard InChI is InChI=1S/C16H27N7O4/c24-10-7-21-3-5-22(6-4-21)16-14(23(25)26)15(18-13-19-16)17-1-2-20-8-11-27-12-9-20/h13,24H,1-12H2,(H,17,18,19). The monoisotopic (exact) mass is 381 g/mol. The molecule has 11 heteroatoms. The molecule has 2 N–H and O–H groups in total. The highest BCUT2D eigenvalue weighted by molar-refractivity contribution is 5.70. The summed E-state index contributed by atoms with van der Waals surface area (Å²) >= 11 is 0. The summed E-state index contributed by atoms with van der Waals surface area (Å²) in [6, 6.07) is 0. The third-order valence-corrected chi connectivity index (χ3v) is 4.90. The summed E-state index contributed by atoms with van der Waals surface area (Å²) in [5.74, 6) is 0.614. The van der Waals surface area contributed by atoms with E-state index in [2.05, 4.69) is 25.1 Å². The molecule has 1 aromatic heterocycles. The molecule has 2 fully saturated rings. The Balaban J connectivity index is 1.64. The van der Waals surface area contributed by atoms with Crippen LogP contribution in [0, 0.1) is 10.1 Å². The van der Waals surface area contributed by atoms with Gasteiger partial charge in [-0.3, -0.25) is 19.9 Å². The van der Waals surface area contributed by atoms with Crippen LogP contribution in [-0.2, 0) is 4.74 Å². The number of hydrogen-bond acceptors (Lipinski definition) is 10. The van der Waals surface area contributed by atoms with Gasteiger partial charge in [-0.1, -0.05) is 0 Å². The van der Waals surface area contributed by atoms with E-state index in [4.69, 9.17) is 9.84 Å². The summed E-state index contributed by atoms with van der Waals surface area (Å²) in [5, 5.41) is 23.9. The molecule has 2 aliphatic heterocycles. The van der Waals surface area contributed by atoms with Gasteiger partial charge in [-0.25, -0.2) is 9.97 Å². The lowest BCUT2D eigenvalue weighted by Crippen LogP contribution is -2.47. The molecular formula is C16H27N7O4.